The minimum atomic E-state index is -1.41. The molecule has 15 heavy (non-hydrogen) atoms. The Morgan fingerprint density at radius 3 is 2.73 bits per heavy atom. The first-order valence-electron chi connectivity index (χ1n) is 5.57. The SMILES string of the molecule is O=C(CNC1CC1)N1CCC[C@H]1B(O)O. The molecule has 5 nitrogen and oxygen atoms in total. The minimum absolute atomic E-state index is 0.0162. The summed E-state index contributed by atoms with van der Waals surface area (Å²) < 4.78 is 0. The highest BCUT2D eigenvalue weighted by molar-refractivity contribution is 6.43. The number of amides is 1. The Balaban J connectivity index is 1.81. The van der Waals surface area contributed by atoms with Crippen LogP contribution in [0.25, 0.3) is 0 Å². The summed E-state index contributed by atoms with van der Waals surface area (Å²) in [7, 11) is -1.41. The van der Waals surface area contributed by atoms with Crippen molar-refractivity contribution in [2.75, 3.05) is 13.1 Å². The highest BCUT2D eigenvalue weighted by Crippen LogP contribution is 2.20. The molecule has 1 amide bonds. The molecule has 0 aromatic heterocycles. The van der Waals surface area contributed by atoms with Gasteiger partial charge >= 0.3 is 7.12 Å². The molecule has 0 spiro atoms. The van der Waals surface area contributed by atoms with Gasteiger partial charge in [0.25, 0.3) is 0 Å². The lowest BCUT2D eigenvalue weighted by Gasteiger charge is -2.24. The summed E-state index contributed by atoms with van der Waals surface area (Å²) in [5.74, 6) is -0.420. The van der Waals surface area contributed by atoms with E-state index in [1.54, 1.807) is 4.90 Å². The van der Waals surface area contributed by atoms with Crippen LogP contribution >= 0.6 is 0 Å². The summed E-state index contributed by atoms with van der Waals surface area (Å²) in [6.45, 7) is 0.974. The number of hydrogen-bond donors (Lipinski definition) is 3. The second-order valence-corrected chi connectivity index (χ2v) is 4.37. The van der Waals surface area contributed by atoms with Crippen LogP contribution in [0.15, 0.2) is 0 Å². The van der Waals surface area contributed by atoms with Crippen LogP contribution < -0.4 is 5.32 Å². The van der Waals surface area contributed by atoms with Gasteiger partial charge in [-0.05, 0) is 25.7 Å². The van der Waals surface area contributed by atoms with Crippen LogP contribution in [0, 0.1) is 0 Å². The molecular weight excluding hydrogens is 195 g/mol. The highest BCUT2D eigenvalue weighted by Gasteiger charge is 2.36. The summed E-state index contributed by atoms with van der Waals surface area (Å²) >= 11 is 0. The van der Waals surface area contributed by atoms with E-state index in [1.165, 1.54) is 0 Å². The molecule has 1 aliphatic heterocycles. The molecule has 1 saturated heterocycles. The first kappa shape index (κ1) is 10.9. The zero-order chi connectivity index (χ0) is 10.8. The van der Waals surface area contributed by atoms with Gasteiger partial charge in [-0.15, -0.1) is 0 Å². The number of nitrogens with one attached hydrogen (secondary N) is 1. The average molecular weight is 212 g/mol. The lowest BCUT2D eigenvalue weighted by molar-refractivity contribution is -0.130. The van der Waals surface area contributed by atoms with Crippen molar-refractivity contribution in [2.24, 2.45) is 0 Å². The van der Waals surface area contributed by atoms with Gasteiger partial charge in [-0.25, -0.2) is 0 Å². The van der Waals surface area contributed by atoms with E-state index < -0.39 is 13.1 Å². The summed E-state index contributed by atoms with van der Waals surface area (Å²) in [5.41, 5.74) is 0. The molecule has 2 rings (SSSR count). The Morgan fingerprint density at radius 2 is 2.13 bits per heavy atom. The van der Waals surface area contributed by atoms with Gasteiger partial charge in [0.05, 0.1) is 12.5 Å². The number of likely N-dealkylation sites (tertiary alicyclic amines) is 1. The summed E-state index contributed by atoms with van der Waals surface area (Å²) in [6, 6.07) is 0.508. The van der Waals surface area contributed by atoms with E-state index in [0.717, 1.165) is 19.3 Å². The summed E-state index contributed by atoms with van der Waals surface area (Å²) in [4.78, 5) is 13.3. The Labute approximate surface area is 89.6 Å². The van der Waals surface area contributed by atoms with Gasteiger partial charge in [0.15, 0.2) is 0 Å². The molecule has 1 atom stereocenters. The van der Waals surface area contributed by atoms with Crippen LogP contribution in [0.5, 0.6) is 0 Å². The number of hydrogen-bond acceptors (Lipinski definition) is 4. The lowest BCUT2D eigenvalue weighted by Crippen LogP contribution is -2.48. The number of nitrogens with zero attached hydrogens (tertiary/aromatic N) is 1. The topological polar surface area (TPSA) is 72.8 Å². The summed E-state index contributed by atoms with van der Waals surface area (Å²) in [6.07, 6.45) is 3.85. The van der Waals surface area contributed by atoms with Crippen LogP contribution in [0.2, 0.25) is 0 Å². The van der Waals surface area contributed by atoms with Crippen LogP contribution in [-0.2, 0) is 4.79 Å². The van der Waals surface area contributed by atoms with E-state index in [9.17, 15) is 4.79 Å². The van der Waals surface area contributed by atoms with Gasteiger partial charge in [0.2, 0.25) is 5.91 Å². The lowest BCUT2D eigenvalue weighted by atomic mass is 9.78. The van der Waals surface area contributed by atoms with Crippen LogP contribution in [-0.4, -0.2) is 53.0 Å². The van der Waals surface area contributed by atoms with Crippen molar-refractivity contribution in [3.63, 3.8) is 0 Å². The maximum atomic E-state index is 11.7. The molecule has 0 unspecified atom stereocenters. The van der Waals surface area contributed by atoms with Gasteiger partial charge in [0.1, 0.15) is 0 Å². The second-order valence-electron chi connectivity index (χ2n) is 4.37. The van der Waals surface area contributed by atoms with Crippen molar-refractivity contribution in [1.82, 2.24) is 10.2 Å². The highest BCUT2D eigenvalue weighted by atomic mass is 16.4. The second kappa shape index (κ2) is 4.51. The molecule has 0 aromatic carbocycles. The first-order valence-corrected chi connectivity index (χ1v) is 5.57. The third-order valence-electron chi connectivity index (χ3n) is 3.08. The van der Waals surface area contributed by atoms with E-state index in [1.807, 2.05) is 0 Å². The Morgan fingerprint density at radius 1 is 1.40 bits per heavy atom. The zero-order valence-corrected chi connectivity index (χ0v) is 8.72. The first-order chi connectivity index (χ1) is 7.18. The Bertz CT molecular complexity index is 246. The summed E-state index contributed by atoms with van der Waals surface area (Å²) in [5, 5.41) is 21.3. The minimum Gasteiger partial charge on any atom is -0.426 e. The average Bonchev–Trinajstić information content (AvgIpc) is 2.88. The number of rotatable bonds is 4. The van der Waals surface area contributed by atoms with Crippen LogP contribution in [0.1, 0.15) is 25.7 Å². The molecule has 1 heterocycles. The van der Waals surface area contributed by atoms with Gasteiger partial charge in [-0.2, -0.15) is 0 Å². The van der Waals surface area contributed by atoms with E-state index in [0.29, 0.717) is 25.6 Å². The largest absolute Gasteiger partial charge is 0.475 e. The maximum absolute atomic E-state index is 11.7. The monoisotopic (exact) mass is 212 g/mol. The van der Waals surface area contributed by atoms with E-state index in [4.69, 9.17) is 10.0 Å². The van der Waals surface area contributed by atoms with Crippen LogP contribution in [0.4, 0.5) is 0 Å². The standard InChI is InChI=1S/C9H17BN2O3/c13-9(6-11-7-3-4-7)12-5-1-2-8(12)10(14)15/h7-8,11,14-15H,1-6H2/t8-/m0/s1. The molecular formula is C9H17BN2O3. The Hall–Kier alpha value is -0.585. The van der Waals surface area contributed by atoms with Gasteiger partial charge in [-0.1, -0.05) is 0 Å². The van der Waals surface area contributed by atoms with E-state index >= 15 is 0 Å². The molecule has 1 aliphatic carbocycles. The smallest absolute Gasteiger partial charge is 0.426 e. The quantitative estimate of drug-likeness (QED) is 0.508. The van der Waals surface area contributed by atoms with Gasteiger partial charge in [-0.3, -0.25) is 4.79 Å². The third kappa shape index (κ3) is 2.71. The van der Waals surface area contributed by atoms with Gasteiger partial charge < -0.3 is 20.3 Å². The fraction of sp³-hybridized carbons (Fsp3) is 0.889. The van der Waals surface area contributed by atoms with Crippen molar-refractivity contribution in [2.45, 2.75) is 37.7 Å². The number of carbonyl (C=O) groups is 1. The fourth-order valence-electron chi connectivity index (χ4n) is 2.03. The number of carbonyl (C=O) groups excluding carboxylic acids is 1. The Kier molecular flexibility index (Phi) is 3.28. The molecule has 84 valence electrons. The predicted molar refractivity (Wildman–Crippen MR) is 56.0 cm³/mol. The van der Waals surface area contributed by atoms with E-state index in [2.05, 4.69) is 5.32 Å². The van der Waals surface area contributed by atoms with Gasteiger partial charge in [0, 0.05) is 12.6 Å². The van der Waals surface area contributed by atoms with Crippen molar-refractivity contribution in [3.8, 4) is 0 Å². The predicted octanol–water partition coefficient (Wildman–Crippen LogP) is -1.26. The van der Waals surface area contributed by atoms with Crippen molar-refractivity contribution < 1.29 is 14.8 Å². The maximum Gasteiger partial charge on any atom is 0.475 e. The van der Waals surface area contributed by atoms with Crippen molar-refractivity contribution in [1.29, 1.82) is 0 Å². The molecule has 0 bridgehead atoms. The van der Waals surface area contributed by atoms with Crippen molar-refractivity contribution in [3.05, 3.63) is 0 Å². The molecule has 3 N–H and O–H groups in total. The van der Waals surface area contributed by atoms with E-state index in [-0.39, 0.29) is 5.91 Å². The molecule has 2 fully saturated rings. The molecule has 2 aliphatic rings. The molecule has 6 heteroatoms. The normalized spacial score (nSPS) is 25.7. The molecule has 0 radical (unpaired) electrons. The molecule has 1 saturated carbocycles. The molecule has 0 aromatic rings. The third-order valence-corrected chi connectivity index (χ3v) is 3.08. The fourth-order valence-corrected chi connectivity index (χ4v) is 2.03. The van der Waals surface area contributed by atoms with Crippen LogP contribution in [0.3, 0.4) is 0 Å². The zero-order valence-electron chi connectivity index (χ0n) is 8.72. The van der Waals surface area contributed by atoms with Crippen molar-refractivity contribution >= 4 is 13.0 Å².